The third kappa shape index (κ3) is 2.16. The molecule has 2 aliphatic rings. The lowest BCUT2D eigenvalue weighted by molar-refractivity contribution is -0.141. The molecular weight excluding hydrogens is 192 g/mol. The minimum absolute atomic E-state index is 0.0103. The van der Waals surface area contributed by atoms with Crippen LogP contribution in [0.25, 0.3) is 0 Å². The second-order valence-electron chi connectivity index (χ2n) is 4.66. The summed E-state index contributed by atoms with van der Waals surface area (Å²) in [6.07, 6.45) is 1.99. The van der Waals surface area contributed by atoms with Crippen LogP contribution in [0.5, 0.6) is 0 Å². The van der Waals surface area contributed by atoms with Crippen LogP contribution in [0.3, 0.4) is 0 Å². The van der Waals surface area contributed by atoms with Crippen molar-refractivity contribution in [2.45, 2.75) is 25.8 Å². The van der Waals surface area contributed by atoms with Crippen molar-refractivity contribution in [2.75, 3.05) is 26.9 Å². The highest BCUT2D eigenvalue weighted by molar-refractivity contribution is 5.74. The van der Waals surface area contributed by atoms with Gasteiger partial charge < -0.3 is 10.1 Å². The zero-order valence-corrected chi connectivity index (χ0v) is 9.53. The van der Waals surface area contributed by atoms with Gasteiger partial charge in [-0.15, -0.1) is 0 Å². The van der Waals surface area contributed by atoms with Crippen molar-refractivity contribution in [1.82, 2.24) is 10.2 Å². The number of cyclic esters (lactones) is 1. The number of carbonyl (C=O) groups excluding carboxylic acids is 1. The number of ether oxygens (including phenoxy) is 1. The molecule has 4 nitrogen and oxygen atoms in total. The predicted molar refractivity (Wildman–Crippen MR) is 57.3 cm³/mol. The van der Waals surface area contributed by atoms with E-state index in [-0.39, 0.29) is 11.9 Å². The number of rotatable bonds is 3. The number of hydrogen-bond acceptors (Lipinski definition) is 4. The lowest BCUT2D eigenvalue weighted by Gasteiger charge is -2.22. The topological polar surface area (TPSA) is 41.6 Å². The molecule has 3 atom stereocenters. The van der Waals surface area contributed by atoms with E-state index in [1.807, 2.05) is 0 Å². The van der Waals surface area contributed by atoms with Crippen molar-refractivity contribution in [3.05, 3.63) is 0 Å². The maximum absolute atomic E-state index is 11.4. The highest BCUT2D eigenvalue weighted by Crippen LogP contribution is 2.30. The van der Waals surface area contributed by atoms with E-state index in [9.17, 15) is 4.79 Å². The molecular formula is C11H20N2O2. The molecule has 1 unspecified atom stereocenters. The Hall–Kier alpha value is -0.610. The first-order valence-corrected chi connectivity index (χ1v) is 5.80. The fraction of sp³-hybridized carbons (Fsp3) is 0.909. The SMILES string of the molecule is CC[C@H]1C(=O)OC[C@H]1CC1CNCN1C. The molecule has 86 valence electrons. The van der Waals surface area contributed by atoms with E-state index in [1.54, 1.807) is 0 Å². The summed E-state index contributed by atoms with van der Waals surface area (Å²) in [5, 5.41) is 3.34. The first-order valence-electron chi connectivity index (χ1n) is 5.80. The molecule has 2 fully saturated rings. The van der Waals surface area contributed by atoms with Gasteiger partial charge in [0.2, 0.25) is 0 Å². The Morgan fingerprint density at radius 3 is 3.00 bits per heavy atom. The zero-order valence-electron chi connectivity index (χ0n) is 9.53. The number of nitrogens with zero attached hydrogens (tertiary/aromatic N) is 1. The number of hydrogen-bond donors (Lipinski definition) is 1. The van der Waals surface area contributed by atoms with Crippen molar-refractivity contribution >= 4 is 5.97 Å². The first-order chi connectivity index (χ1) is 7.22. The third-order valence-electron chi connectivity index (χ3n) is 3.69. The molecule has 2 saturated heterocycles. The van der Waals surface area contributed by atoms with Crippen LogP contribution >= 0.6 is 0 Å². The summed E-state index contributed by atoms with van der Waals surface area (Å²) < 4.78 is 5.14. The fourth-order valence-electron chi connectivity index (χ4n) is 2.64. The average Bonchev–Trinajstić information content (AvgIpc) is 2.76. The number of likely N-dealkylation sites (N-methyl/N-ethyl adjacent to an activating group) is 1. The maximum atomic E-state index is 11.4. The largest absolute Gasteiger partial charge is 0.465 e. The molecule has 0 amide bonds. The second kappa shape index (κ2) is 4.49. The van der Waals surface area contributed by atoms with Crippen LogP contribution < -0.4 is 5.32 Å². The molecule has 2 rings (SSSR count). The van der Waals surface area contributed by atoms with E-state index >= 15 is 0 Å². The highest BCUT2D eigenvalue weighted by atomic mass is 16.5. The number of carbonyl (C=O) groups is 1. The Labute approximate surface area is 91.0 Å². The van der Waals surface area contributed by atoms with E-state index in [4.69, 9.17) is 4.74 Å². The Kier molecular flexibility index (Phi) is 3.26. The molecule has 1 N–H and O–H groups in total. The van der Waals surface area contributed by atoms with Crippen molar-refractivity contribution in [3.63, 3.8) is 0 Å². The summed E-state index contributed by atoms with van der Waals surface area (Å²) in [7, 11) is 2.13. The van der Waals surface area contributed by atoms with Gasteiger partial charge in [-0.2, -0.15) is 0 Å². The van der Waals surface area contributed by atoms with Gasteiger partial charge in [-0.3, -0.25) is 9.69 Å². The Bertz CT molecular complexity index is 245. The molecule has 2 heterocycles. The molecule has 2 aliphatic heterocycles. The summed E-state index contributed by atoms with van der Waals surface area (Å²) in [6, 6.07) is 0.568. The monoisotopic (exact) mass is 212 g/mol. The quantitative estimate of drug-likeness (QED) is 0.689. The molecule has 4 heteroatoms. The molecule has 15 heavy (non-hydrogen) atoms. The van der Waals surface area contributed by atoms with Gasteiger partial charge in [0.05, 0.1) is 12.5 Å². The summed E-state index contributed by atoms with van der Waals surface area (Å²) in [5.41, 5.74) is 0. The Balaban J connectivity index is 1.91. The second-order valence-corrected chi connectivity index (χ2v) is 4.66. The van der Waals surface area contributed by atoms with Crippen molar-refractivity contribution in [3.8, 4) is 0 Å². The molecule has 0 aromatic heterocycles. The highest BCUT2D eigenvalue weighted by Gasteiger charge is 2.37. The summed E-state index contributed by atoms with van der Waals surface area (Å²) in [6.45, 7) is 4.70. The standard InChI is InChI=1S/C11H20N2O2/c1-3-10-8(6-15-11(10)14)4-9-5-12-7-13(9)2/h8-10,12H,3-7H2,1-2H3/t8-,9?,10-/m1/s1. The van der Waals surface area contributed by atoms with Crippen LogP contribution in [0.15, 0.2) is 0 Å². The normalized spacial score (nSPS) is 37.2. The number of nitrogens with one attached hydrogen (secondary N) is 1. The van der Waals surface area contributed by atoms with Gasteiger partial charge >= 0.3 is 5.97 Å². The van der Waals surface area contributed by atoms with Crippen LogP contribution in [0.2, 0.25) is 0 Å². The Morgan fingerprint density at radius 1 is 1.60 bits per heavy atom. The lowest BCUT2D eigenvalue weighted by atomic mass is 9.87. The average molecular weight is 212 g/mol. The van der Waals surface area contributed by atoms with Crippen LogP contribution in [-0.4, -0.2) is 43.8 Å². The molecule has 0 bridgehead atoms. The van der Waals surface area contributed by atoms with Crippen molar-refractivity contribution in [1.29, 1.82) is 0 Å². The fourth-order valence-corrected chi connectivity index (χ4v) is 2.64. The minimum atomic E-state index is 0.0103. The number of esters is 1. The van der Waals surface area contributed by atoms with Crippen LogP contribution in [-0.2, 0) is 9.53 Å². The molecule has 0 radical (unpaired) electrons. The third-order valence-corrected chi connectivity index (χ3v) is 3.69. The van der Waals surface area contributed by atoms with Crippen LogP contribution in [0.4, 0.5) is 0 Å². The molecule has 0 aliphatic carbocycles. The smallest absolute Gasteiger partial charge is 0.309 e. The van der Waals surface area contributed by atoms with Gasteiger partial charge in [0.1, 0.15) is 0 Å². The first kappa shape index (κ1) is 10.9. The van der Waals surface area contributed by atoms with Gasteiger partial charge in [-0.05, 0) is 19.9 Å². The van der Waals surface area contributed by atoms with E-state index in [0.29, 0.717) is 18.6 Å². The van der Waals surface area contributed by atoms with Gasteiger partial charge in [0.15, 0.2) is 0 Å². The van der Waals surface area contributed by atoms with E-state index in [1.165, 1.54) is 0 Å². The zero-order chi connectivity index (χ0) is 10.8. The van der Waals surface area contributed by atoms with Crippen LogP contribution in [0.1, 0.15) is 19.8 Å². The predicted octanol–water partition coefficient (Wildman–Crippen LogP) is 0.437. The molecule has 0 aromatic carbocycles. The van der Waals surface area contributed by atoms with Gasteiger partial charge in [0, 0.05) is 25.2 Å². The summed E-state index contributed by atoms with van der Waals surface area (Å²) in [4.78, 5) is 13.7. The van der Waals surface area contributed by atoms with E-state index in [2.05, 4.69) is 24.2 Å². The van der Waals surface area contributed by atoms with E-state index in [0.717, 1.165) is 26.1 Å². The lowest BCUT2D eigenvalue weighted by Crippen LogP contribution is -2.31. The Morgan fingerprint density at radius 2 is 2.40 bits per heavy atom. The summed E-state index contributed by atoms with van der Waals surface area (Å²) in [5.74, 6) is 0.574. The van der Waals surface area contributed by atoms with Crippen LogP contribution in [0, 0.1) is 11.8 Å². The molecule has 0 aromatic rings. The van der Waals surface area contributed by atoms with E-state index < -0.39 is 0 Å². The molecule has 0 spiro atoms. The van der Waals surface area contributed by atoms with Gasteiger partial charge in [-0.25, -0.2) is 0 Å². The van der Waals surface area contributed by atoms with Gasteiger partial charge in [-0.1, -0.05) is 6.92 Å². The maximum Gasteiger partial charge on any atom is 0.309 e. The van der Waals surface area contributed by atoms with Crippen molar-refractivity contribution in [2.24, 2.45) is 11.8 Å². The van der Waals surface area contributed by atoms with Gasteiger partial charge in [0.25, 0.3) is 0 Å². The van der Waals surface area contributed by atoms with Crippen molar-refractivity contribution < 1.29 is 9.53 Å². The minimum Gasteiger partial charge on any atom is -0.465 e. The molecule has 0 saturated carbocycles. The summed E-state index contributed by atoms with van der Waals surface area (Å²) >= 11 is 0.